The Morgan fingerprint density at radius 2 is 2.09 bits per heavy atom. The topological polar surface area (TPSA) is 62.7 Å². The number of likely N-dealkylation sites (tertiary alicyclic amines) is 1. The van der Waals surface area contributed by atoms with Gasteiger partial charge in [-0.2, -0.15) is 0 Å². The third kappa shape index (κ3) is 3.03. The molecule has 0 radical (unpaired) electrons. The molecule has 1 aromatic carbocycles. The van der Waals surface area contributed by atoms with Crippen molar-refractivity contribution in [1.82, 2.24) is 9.88 Å². The van der Waals surface area contributed by atoms with Crippen LogP contribution in [0.4, 0.5) is 0 Å². The lowest BCUT2D eigenvalue weighted by Gasteiger charge is -2.24. The molecule has 1 aliphatic rings. The first-order valence-corrected chi connectivity index (χ1v) is 7.38. The van der Waals surface area contributed by atoms with Crippen molar-refractivity contribution >= 4 is 5.91 Å². The van der Waals surface area contributed by atoms with Gasteiger partial charge in [0.2, 0.25) is 0 Å². The quantitative estimate of drug-likeness (QED) is 0.942. The van der Waals surface area contributed by atoms with Gasteiger partial charge in [-0.25, -0.2) is 4.98 Å². The molecule has 3 rings (SSSR count). The van der Waals surface area contributed by atoms with Crippen LogP contribution < -0.4 is 4.74 Å². The number of carbonyl (C=O) groups excluding carboxylic acids is 1. The van der Waals surface area contributed by atoms with Gasteiger partial charge < -0.3 is 14.7 Å². The minimum absolute atomic E-state index is 0.00844. The second-order valence-electron chi connectivity index (χ2n) is 5.29. The summed E-state index contributed by atoms with van der Waals surface area (Å²) in [6.45, 7) is 1.11. The smallest absolute Gasteiger partial charge is 0.276 e. The van der Waals surface area contributed by atoms with E-state index in [0.717, 1.165) is 18.6 Å². The normalized spacial score (nSPS) is 17.5. The second kappa shape index (κ2) is 6.47. The Kier molecular flexibility index (Phi) is 4.23. The van der Waals surface area contributed by atoms with Crippen LogP contribution in [0.15, 0.2) is 48.7 Å². The van der Waals surface area contributed by atoms with Crippen LogP contribution in [0, 0.1) is 0 Å². The fourth-order valence-corrected chi connectivity index (χ4v) is 2.68. The Hall–Kier alpha value is -2.56. The minimum Gasteiger partial charge on any atom is -0.505 e. The van der Waals surface area contributed by atoms with Crippen molar-refractivity contribution in [2.75, 3.05) is 13.2 Å². The molecular weight excluding hydrogens is 280 g/mol. The molecule has 0 saturated carbocycles. The van der Waals surface area contributed by atoms with Crippen molar-refractivity contribution in [3.63, 3.8) is 0 Å². The van der Waals surface area contributed by atoms with E-state index in [1.54, 1.807) is 11.0 Å². The molecule has 22 heavy (non-hydrogen) atoms. The molecule has 5 nitrogen and oxygen atoms in total. The number of nitrogens with zero attached hydrogens (tertiary/aromatic N) is 2. The summed E-state index contributed by atoms with van der Waals surface area (Å²) in [5.74, 6) is 0.474. The van der Waals surface area contributed by atoms with Gasteiger partial charge in [-0.1, -0.05) is 18.2 Å². The van der Waals surface area contributed by atoms with Crippen molar-refractivity contribution in [2.45, 2.75) is 18.9 Å². The number of ether oxygens (including phenoxy) is 1. The zero-order valence-corrected chi connectivity index (χ0v) is 12.2. The van der Waals surface area contributed by atoms with Crippen molar-refractivity contribution < 1.29 is 14.6 Å². The van der Waals surface area contributed by atoms with Crippen molar-refractivity contribution in [3.8, 4) is 11.5 Å². The molecule has 1 N–H and O–H groups in total. The Morgan fingerprint density at radius 1 is 1.27 bits per heavy atom. The standard InChI is InChI=1S/C17H18N2O3/c20-15-9-4-10-18-16(15)17(21)19-11-5-6-13(19)12-22-14-7-2-1-3-8-14/h1-4,7-10,13,20H,5-6,11-12H2. The molecule has 1 saturated heterocycles. The average Bonchev–Trinajstić information content (AvgIpc) is 3.02. The van der Waals surface area contributed by atoms with E-state index in [9.17, 15) is 9.90 Å². The first kappa shape index (κ1) is 14.4. The molecule has 1 amide bonds. The van der Waals surface area contributed by atoms with Crippen LogP contribution in [0.1, 0.15) is 23.3 Å². The number of aromatic nitrogens is 1. The van der Waals surface area contributed by atoms with Crippen LogP contribution in [0.3, 0.4) is 0 Å². The molecule has 1 unspecified atom stereocenters. The van der Waals surface area contributed by atoms with Gasteiger partial charge in [-0.05, 0) is 37.1 Å². The maximum absolute atomic E-state index is 12.5. The van der Waals surface area contributed by atoms with E-state index in [1.807, 2.05) is 30.3 Å². The summed E-state index contributed by atoms with van der Waals surface area (Å²) in [7, 11) is 0. The molecule has 0 spiro atoms. The zero-order chi connectivity index (χ0) is 15.4. The Morgan fingerprint density at radius 3 is 2.86 bits per heavy atom. The lowest BCUT2D eigenvalue weighted by atomic mass is 10.2. The average molecular weight is 298 g/mol. The lowest BCUT2D eigenvalue weighted by molar-refractivity contribution is 0.0682. The highest BCUT2D eigenvalue weighted by atomic mass is 16.5. The van der Waals surface area contributed by atoms with Gasteiger partial charge in [0.15, 0.2) is 5.69 Å². The molecule has 0 bridgehead atoms. The van der Waals surface area contributed by atoms with Crippen LogP contribution in [-0.4, -0.2) is 40.1 Å². The molecule has 114 valence electrons. The van der Waals surface area contributed by atoms with Crippen LogP contribution in [0.2, 0.25) is 0 Å². The predicted molar refractivity (Wildman–Crippen MR) is 81.9 cm³/mol. The van der Waals surface area contributed by atoms with E-state index in [-0.39, 0.29) is 23.4 Å². The summed E-state index contributed by atoms with van der Waals surface area (Å²) in [6.07, 6.45) is 3.34. The van der Waals surface area contributed by atoms with E-state index < -0.39 is 0 Å². The van der Waals surface area contributed by atoms with E-state index in [4.69, 9.17) is 4.74 Å². The summed E-state index contributed by atoms with van der Waals surface area (Å²) >= 11 is 0. The number of benzene rings is 1. The highest BCUT2D eigenvalue weighted by Crippen LogP contribution is 2.23. The van der Waals surface area contributed by atoms with E-state index in [2.05, 4.69) is 4.98 Å². The molecular formula is C17H18N2O3. The van der Waals surface area contributed by atoms with Crippen LogP contribution in [-0.2, 0) is 0 Å². The van der Waals surface area contributed by atoms with Gasteiger partial charge in [0.1, 0.15) is 18.1 Å². The minimum atomic E-state index is -0.239. The zero-order valence-electron chi connectivity index (χ0n) is 12.2. The van der Waals surface area contributed by atoms with E-state index in [0.29, 0.717) is 13.2 Å². The summed E-state index contributed by atoms with van der Waals surface area (Å²) in [4.78, 5) is 18.3. The van der Waals surface area contributed by atoms with Crippen LogP contribution >= 0.6 is 0 Å². The highest BCUT2D eigenvalue weighted by Gasteiger charge is 2.31. The van der Waals surface area contributed by atoms with Gasteiger partial charge in [0.25, 0.3) is 5.91 Å². The lowest BCUT2D eigenvalue weighted by Crippen LogP contribution is -2.39. The number of pyridine rings is 1. The largest absolute Gasteiger partial charge is 0.505 e. The van der Waals surface area contributed by atoms with Crippen LogP contribution in [0.5, 0.6) is 11.5 Å². The summed E-state index contributed by atoms with van der Waals surface area (Å²) < 4.78 is 5.76. The molecule has 2 heterocycles. The van der Waals surface area contributed by atoms with Crippen LogP contribution in [0.25, 0.3) is 0 Å². The van der Waals surface area contributed by atoms with Gasteiger partial charge >= 0.3 is 0 Å². The number of aromatic hydroxyl groups is 1. The molecule has 5 heteroatoms. The maximum Gasteiger partial charge on any atom is 0.276 e. The summed E-state index contributed by atoms with van der Waals surface area (Å²) in [5, 5.41) is 9.79. The third-order valence-electron chi connectivity index (χ3n) is 3.81. The molecule has 1 fully saturated rings. The number of hydrogen-bond donors (Lipinski definition) is 1. The summed E-state index contributed by atoms with van der Waals surface area (Å²) in [6, 6.07) is 12.6. The number of para-hydroxylation sites is 1. The second-order valence-corrected chi connectivity index (χ2v) is 5.29. The van der Waals surface area contributed by atoms with Gasteiger partial charge in [0, 0.05) is 12.7 Å². The van der Waals surface area contributed by atoms with Gasteiger partial charge in [-0.15, -0.1) is 0 Å². The maximum atomic E-state index is 12.5. The molecule has 2 aromatic rings. The monoisotopic (exact) mass is 298 g/mol. The highest BCUT2D eigenvalue weighted by molar-refractivity contribution is 5.95. The number of carbonyl (C=O) groups is 1. The van der Waals surface area contributed by atoms with Gasteiger partial charge in [0.05, 0.1) is 6.04 Å². The molecule has 0 aliphatic carbocycles. The molecule has 1 aliphatic heterocycles. The first-order valence-electron chi connectivity index (χ1n) is 7.38. The third-order valence-corrected chi connectivity index (χ3v) is 3.81. The molecule has 1 atom stereocenters. The van der Waals surface area contributed by atoms with Crippen molar-refractivity contribution in [2.24, 2.45) is 0 Å². The van der Waals surface area contributed by atoms with Crippen molar-refractivity contribution in [1.29, 1.82) is 0 Å². The van der Waals surface area contributed by atoms with E-state index in [1.165, 1.54) is 12.3 Å². The Labute approximate surface area is 129 Å². The SMILES string of the molecule is O=C(c1ncccc1O)N1CCCC1COc1ccccc1. The fraction of sp³-hybridized carbons (Fsp3) is 0.294. The van der Waals surface area contributed by atoms with E-state index >= 15 is 0 Å². The van der Waals surface area contributed by atoms with Gasteiger partial charge in [-0.3, -0.25) is 4.79 Å². The predicted octanol–water partition coefficient (Wildman–Crippen LogP) is 2.47. The van der Waals surface area contributed by atoms with Crippen molar-refractivity contribution in [3.05, 3.63) is 54.4 Å². The Bertz CT molecular complexity index is 645. The number of amides is 1. The fourth-order valence-electron chi connectivity index (χ4n) is 2.68. The first-order chi connectivity index (χ1) is 10.8. The number of rotatable bonds is 4. The molecule has 1 aromatic heterocycles. The summed E-state index contributed by atoms with van der Waals surface area (Å²) in [5.41, 5.74) is 0.106. The number of hydrogen-bond acceptors (Lipinski definition) is 4. The Balaban J connectivity index is 1.68.